The molecule has 0 heterocycles. The molecule has 2 aliphatic carbocycles. The molecule has 0 aromatic rings. The Morgan fingerprint density at radius 3 is 2.15 bits per heavy atom. The number of rotatable bonds is 3. The first kappa shape index (κ1) is 9.51. The van der Waals surface area contributed by atoms with E-state index in [1.54, 1.807) is 0 Å². The van der Waals surface area contributed by atoms with Gasteiger partial charge in [0.25, 0.3) is 0 Å². The van der Waals surface area contributed by atoms with E-state index >= 15 is 0 Å². The molecule has 2 saturated carbocycles. The van der Waals surface area contributed by atoms with E-state index in [0.717, 1.165) is 23.9 Å². The molecule has 1 atom stereocenters. The Balaban J connectivity index is 1.69. The summed E-state index contributed by atoms with van der Waals surface area (Å²) in [4.78, 5) is 0. The molecule has 2 rings (SSSR count). The van der Waals surface area contributed by atoms with Crippen LogP contribution < -0.4 is 5.32 Å². The molecular formula is C12H23N. The SMILES string of the molecule is CC1CCC(NC(C)C2CC2)CC1. The molecule has 0 radical (unpaired) electrons. The fraction of sp³-hybridized carbons (Fsp3) is 1.00. The van der Waals surface area contributed by atoms with Crippen molar-refractivity contribution in [3.05, 3.63) is 0 Å². The fourth-order valence-electron chi connectivity index (χ4n) is 2.53. The molecule has 1 N–H and O–H groups in total. The van der Waals surface area contributed by atoms with Crippen molar-refractivity contribution in [2.45, 2.75) is 64.5 Å². The molecule has 2 fully saturated rings. The minimum atomic E-state index is 0.790. The molecule has 1 unspecified atom stereocenters. The van der Waals surface area contributed by atoms with E-state index in [1.807, 2.05) is 0 Å². The first-order valence-electron chi connectivity index (χ1n) is 6.01. The van der Waals surface area contributed by atoms with Crippen molar-refractivity contribution < 1.29 is 0 Å². The van der Waals surface area contributed by atoms with Gasteiger partial charge in [0.15, 0.2) is 0 Å². The van der Waals surface area contributed by atoms with Crippen LogP contribution in [0.2, 0.25) is 0 Å². The molecule has 0 amide bonds. The maximum atomic E-state index is 3.80. The highest BCUT2D eigenvalue weighted by molar-refractivity contribution is 4.86. The van der Waals surface area contributed by atoms with Crippen LogP contribution in [-0.4, -0.2) is 12.1 Å². The van der Waals surface area contributed by atoms with Gasteiger partial charge in [-0.2, -0.15) is 0 Å². The van der Waals surface area contributed by atoms with Crippen LogP contribution in [0.15, 0.2) is 0 Å². The third-order valence-corrected chi connectivity index (χ3v) is 3.84. The van der Waals surface area contributed by atoms with Crippen LogP contribution in [0.5, 0.6) is 0 Å². The van der Waals surface area contributed by atoms with Crippen molar-refractivity contribution in [3.63, 3.8) is 0 Å². The fourth-order valence-corrected chi connectivity index (χ4v) is 2.53. The third kappa shape index (κ3) is 2.70. The van der Waals surface area contributed by atoms with Crippen LogP contribution in [-0.2, 0) is 0 Å². The van der Waals surface area contributed by atoms with Crippen LogP contribution in [0.3, 0.4) is 0 Å². The first-order chi connectivity index (χ1) is 6.25. The predicted octanol–water partition coefficient (Wildman–Crippen LogP) is 2.95. The van der Waals surface area contributed by atoms with Gasteiger partial charge in [0.1, 0.15) is 0 Å². The van der Waals surface area contributed by atoms with Gasteiger partial charge in [-0.3, -0.25) is 0 Å². The van der Waals surface area contributed by atoms with E-state index in [2.05, 4.69) is 19.2 Å². The molecule has 0 aromatic carbocycles. The lowest BCUT2D eigenvalue weighted by Crippen LogP contribution is -2.39. The molecule has 0 saturated heterocycles. The summed E-state index contributed by atoms with van der Waals surface area (Å²) in [6.45, 7) is 4.76. The zero-order valence-corrected chi connectivity index (χ0v) is 9.05. The van der Waals surface area contributed by atoms with E-state index in [4.69, 9.17) is 0 Å². The highest BCUT2D eigenvalue weighted by Crippen LogP contribution is 2.33. The van der Waals surface area contributed by atoms with Gasteiger partial charge in [-0.1, -0.05) is 6.92 Å². The molecule has 0 aliphatic heterocycles. The average molecular weight is 181 g/mol. The Labute approximate surface area is 82.3 Å². The van der Waals surface area contributed by atoms with Crippen molar-refractivity contribution >= 4 is 0 Å². The van der Waals surface area contributed by atoms with Crippen molar-refractivity contribution in [2.75, 3.05) is 0 Å². The summed E-state index contributed by atoms with van der Waals surface area (Å²) in [5.41, 5.74) is 0. The van der Waals surface area contributed by atoms with Gasteiger partial charge < -0.3 is 5.32 Å². The van der Waals surface area contributed by atoms with E-state index < -0.39 is 0 Å². The first-order valence-corrected chi connectivity index (χ1v) is 6.01. The summed E-state index contributed by atoms with van der Waals surface area (Å²) in [5, 5.41) is 3.80. The zero-order valence-electron chi connectivity index (χ0n) is 9.05. The van der Waals surface area contributed by atoms with Gasteiger partial charge in [-0.25, -0.2) is 0 Å². The standard InChI is InChI=1S/C12H23N/c1-9-3-7-12(8-4-9)13-10(2)11-5-6-11/h9-13H,3-8H2,1-2H3. The number of hydrogen-bond donors (Lipinski definition) is 1. The Bertz CT molecular complexity index is 155. The van der Waals surface area contributed by atoms with Gasteiger partial charge in [0.05, 0.1) is 0 Å². The summed E-state index contributed by atoms with van der Waals surface area (Å²) >= 11 is 0. The second-order valence-electron chi connectivity index (χ2n) is 5.25. The molecule has 0 aromatic heterocycles. The molecule has 1 heteroatoms. The van der Waals surface area contributed by atoms with Crippen LogP contribution >= 0.6 is 0 Å². The molecular weight excluding hydrogens is 158 g/mol. The van der Waals surface area contributed by atoms with Crippen molar-refractivity contribution in [1.82, 2.24) is 5.32 Å². The van der Waals surface area contributed by atoms with Gasteiger partial charge >= 0.3 is 0 Å². The van der Waals surface area contributed by atoms with Gasteiger partial charge in [0.2, 0.25) is 0 Å². The van der Waals surface area contributed by atoms with Gasteiger partial charge in [-0.15, -0.1) is 0 Å². The topological polar surface area (TPSA) is 12.0 Å². The lowest BCUT2D eigenvalue weighted by Gasteiger charge is -2.29. The Hall–Kier alpha value is -0.0400. The monoisotopic (exact) mass is 181 g/mol. The normalized spacial score (nSPS) is 37.4. The highest BCUT2D eigenvalue weighted by Gasteiger charge is 2.29. The van der Waals surface area contributed by atoms with Crippen LogP contribution in [0.25, 0.3) is 0 Å². The molecule has 0 spiro atoms. The maximum Gasteiger partial charge on any atom is 0.00698 e. The van der Waals surface area contributed by atoms with Crippen molar-refractivity contribution in [2.24, 2.45) is 11.8 Å². The van der Waals surface area contributed by atoms with Crippen LogP contribution in [0.1, 0.15) is 52.4 Å². The quantitative estimate of drug-likeness (QED) is 0.706. The molecule has 13 heavy (non-hydrogen) atoms. The summed E-state index contributed by atoms with van der Waals surface area (Å²) < 4.78 is 0. The zero-order chi connectivity index (χ0) is 9.26. The molecule has 0 bridgehead atoms. The predicted molar refractivity (Wildman–Crippen MR) is 56.7 cm³/mol. The van der Waals surface area contributed by atoms with Crippen LogP contribution in [0.4, 0.5) is 0 Å². The number of nitrogens with one attached hydrogen (secondary N) is 1. The Kier molecular flexibility index (Phi) is 2.92. The van der Waals surface area contributed by atoms with E-state index in [0.29, 0.717) is 0 Å². The smallest absolute Gasteiger partial charge is 0.00698 e. The Morgan fingerprint density at radius 1 is 1.00 bits per heavy atom. The van der Waals surface area contributed by atoms with Crippen LogP contribution in [0, 0.1) is 11.8 Å². The lowest BCUT2D eigenvalue weighted by molar-refractivity contribution is 0.282. The second-order valence-corrected chi connectivity index (χ2v) is 5.25. The molecule has 1 nitrogen and oxygen atoms in total. The van der Waals surface area contributed by atoms with E-state index in [-0.39, 0.29) is 0 Å². The van der Waals surface area contributed by atoms with E-state index in [9.17, 15) is 0 Å². The van der Waals surface area contributed by atoms with Gasteiger partial charge in [-0.05, 0) is 57.3 Å². The van der Waals surface area contributed by atoms with Crippen molar-refractivity contribution in [3.8, 4) is 0 Å². The minimum absolute atomic E-state index is 0.790. The van der Waals surface area contributed by atoms with E-state index in [1.165, 1.54) is 38.5 Å². The Morgan fingerprint density at radius 2 is 1.62 bits per heavy atom. The molecule has 2 aliphatic rings. The van der Waals surface area contributed by atoms with Crippen molar-refractivity contribution in [1.29, 1.82) is 0 Å². The largest absolute Gasteiger partial charge is 0.311 e. The lowest BCUT2D eigenvalue weighted by atomic mass is 9.87. The molecule has 76 valence electrons. The number of hydrogen-bond acceptors (Lipinski definition) is 1. The summed E-state index contributed by atoms with van der Waals surface area (Å²) in [5.74, 6) is 1.99. The summed E-state index contributed by atoms with van der Waals surface area (Å²) in [6, 6.07) is 1.63. The second kappa shape index (κ2) is 4.00. The minimum Gasteiger partial charge on any atom is -0.311 e. The summed E-state index contributed by atoms with van der Waals surface area (Å²) in [6.07, 6.45) is 8.65. The van der Waals surface area contributed by atoms with Gasteiger partial charge in [0, 0.05) is 12.1 Å². The third-order valence-electron chi connectivity index (χ3n) is 3.84. The highest BCUT2D eigenvalue weighted by atomic mass is 15.0. The summed E-state index contributed by atoms with van der Waals surface area (Å²) in [7, 11) is 0. The average Bonchev–Trinajstić information content (AvgIpc) is 2.91. The maximum absolute atomic E-state index is 3.80.